The summed E-state index contributed by atoms with van der Waals surface area (Å²) in [5.41, 5.74) is 9.80. The molecule has 1 atom stereocenters. The Hall–Kier alpha value is -6.06. The van der Waals surface area contributed by atoms with Gasteiger partial charge in [0.2, 0.25) is 0 Å². The summed E-state index contributed by atoms with van der Waals surface area (Å²) in [5, 5.41) is 4.64. The van der Waals surface area contributed by atoms with Gasteiger partial charge in [0.15, 0.2) is 0 Å². The first-order chi connectivity index (χ1) is 25.3. The number of benzene rings is 6. The van der Waals surface area contributed by atoms with Gasteiger partial charge in [-0.15, -0.1) is 82.9 Å². The Balaban J connectivity index is 0.000000191. The van der Waals surface area contributed by atoms with Gasteiger partial charge in [-0.05, 0) is 62.8 Å². The number of nitrogens with zero attached hydrogens (tertiary/aromatic N) is 3. The van der Waals surface area contributed by atoms with Crippen molar-refractivity contribution in [1.29, 1.82) is 0 Å². The first-order valence-corrected chi connectivity index (χ1v) is 17.0. The molecule has 0 aliphatic heterocycles. The zero-order valence-electron chi connectivity index (χ0n) is 28.0. The Kier molecular flexibility index (Phi) is 9.09. The number of fused-ring (bicyclic) bond motifs is 5. The fourth-order valence-corrected chi connectivity index (χ4v) is 7.41. The van der Waals surface area contributed by atoms with E-state index in [4.69, 9.17) is 9.97 Å². The minimum atomic E-state index is -0.679. The van der Waals surface area contributed by atoms with E-state index in [2.05, 4.69) is 120 Å². The van der Waals surface area contributed by atoms with Crippen molar-refractivity contribution in [1.82, 2.24) is 15.0 Å². The number of rotatable bonds is 4. The Morgan fingerprint density at radius 2 is 1.08 bits per heavy atom. The summed E-state index contributed by atoms with van der Waals surface area (Å²) in [6, 6.07) is 68.2. The average Bonchev–Trinajstić information content (AvgIpc) is 3.52. The minimum Gasteiger partial charge on any atom is -0.304 e. The molecule has 0 saturated heterocycles. The zero-order chi connectivity index (χ0) is 34.0. The molecule has 3 heterocycles. The molecule has 0 bridgehead atoms. The van der Waals surface area contributed by atoms with Crippen LogP contribution in [0.4, 0.5) is 0 Å². The monoisotopic (exact) mass is 841 g/mol. The van der Waals surface area contributed by atoms with Crippen LogP contribution in [0.2, 0.25) is 0 Å². The van der Waals surface area contributed by atoms with Crippen molar-refractivity contribution in [2.24, 2.45) is 0 Å². The van der Waals surface area contributed by atoms with Gasteiger partial charge < -0.3 is 4.98 Å². The smallest absolute Gasteiger partial charge is 0.304 e. The van der Waals surface area contributed by atoms with Gasteiger partial charge in [0.05, 0.1) is 11.1 Å². The molecule has 9 aromatic rings. The second kappa shape index (κ2) is 14.3. The molecule has 0 spiro atoms. The molecule has 246 valence electrons. The van der Waals surface area contributed by atoms with E-state index in [-0.39, 0.29) is 20.1 Å². The van der Waals surface area contributed by atoms with Crippen LogP contribution in [0.5, 0.6) is 0 Å². The quantitative estimate of drug-likeness (QED) is 0.166. The van der Waals surface area contributed by atoms with E-state index >= 15 is 0 Å². The average molecular weight is 841 g/mol. The van der Waals surface area contributed by atoms with Crippen molar-refractivity contribution < 1.29 is 20.1 Å². The van der Waals surface area contributed by atoms with E-state index in [9.17, 15) is 0 Å². The van der Waals surface area contributed by atoms with Gasteiger partial charge in [0, 0.05) is 18.1 Å². The molecular weight excluding hydrogens is 811 g/mol. The number of aromatic nitrogens is 3. The fraction of sp³-hybridized carbons (Fsp3) is 0.0208. The summed E-state index contributed by atoms with van der Waals surface area (Å²) < 4.78 is 0. The molecule has 52 heavy (non-hydrogen) atoms. The predicted octanol–water partition coefficient (Wildman–Crippen LogP) is 11.0. The molecule has 6 aromatic carbocycles. The Morgan fingerprint density at radius 1 is 0.442 bits per heavy atom. The maximum Gasteiger partial charge on any atom is 3.00 e. The summed E-state index contributed by atoms with van der Waals surface area (Å²) in [6.45, 7) is 0. The molecule has 3 aromatic heterocycles. The van der Waals surface area contributed by atoms with Crippen molar-refractivity contribution >= 4 is 21.5 Å². The summed E-state index contributed by atoms with van der Waals surface area (Å²) in [4.78, 5) is 14.8. The molecule has 0 radical (unpaired) electrons. The molecular formula is C48H30IrN3. The van der Waals surface area contributed by atoms with Gasteiger partial charge in [0.25, 0.3) is 0 Å². The topological polar surface area (TPSA) is 38.7 Å². The van der Waals surface area contributed by atoms with Crippen molar-refractivity contribution in [2.75, 3.05) is 0 Å². The largest absolute Gasteiger partial charge is 3.00 e. The summed E-state index contributed by atoms with van der Waals surface area (Å²) in [7, 11) is 0. The number of pyridine rings is 3. The minimum absolute atomic E-state index is 0. The van der Waals surface area contributed by atoms with E-state index in [1.54, 1.807) is 0 Å². The third kappa shape index (κ3) is 5.63. The van der Waals surface area contributed by atoms with Gasteiger partial charge in [-0.2, -0.15) is 24.3 Å². The van der Waals surface area contributed by atoms with Crippen LogP contribution in [-0.4, -0.2) is 15.0 Å². The number of hydrogen-bond donors (Lipinski definition) is 0. The second-order valence-corrected chi connectivity index (χ2v) is 12.5. The SMILES string of the molecule is [Ir+3].[c-]1ccccc1-c1nc([C@]2(c3ccccn3)c3[c-]cccc3-c3ccccc32)cc2ccccc12.[c-]1ccccc1-c1nccc2ccccc12. The maximum absolute atomic E-state index is 5.41. The zero-order valence-corrected chi connectivity index (χ0v) is 30.4. The molecule has 1 aliphatic rings. The van der Waals surface area contributed by atoms with Gasteiger partial charge in [-0.1, -0.05) is 84.4 Å². The normalized spacial score (nSPS) is 14.1. The van der Waals surface area contributed by atoms with Crippen LogP contribution < -0.4 is 0 Å². The van der Waals surface area contributed by atoms with Crippen LogP contribution >= 0.6 is 0 Å². The van der Waals surface area contributed by atoms with Crippen molar-refractivity contribution in [2.45, 2.75) is 5.41 Å². The molecule has 10 rings (SSSR count). The van der Waals surface area contributed by atoms with E-state index in [0.717, 1.165) is 50.2 Å². The maximum atomic E-state index is 5.41. The summed E-state index contributed by atoms with van der Waals surface area (Å²) >= 11 is 0. The predicted molar refractivity (Wildman–Crippen MR) is 206 cm³/mol. The first kappa shape index (κ1) is 33.1. The van der Waals surface area contributed by atoms with Crippen LogP contribution in [0.25, 0.3) is 55.2 Å². The molecule has 0 N–H and O–H groups in total. The molecule has 0 saturated carbocycles. The molecule has 3 nitrogen and oxygen atoms in total. The third-order valence-electron chi connectivity index (χ3n) is 9.63. The van der Waals surface area contributed by atoms with Crippen LogP contribution in [0.3, 0.4) is 0 Å². The second-order valence-electron chi connectivity index (χ2n) is 12.5. The van der Waals surface area contributed by atoms with E-state index in [0.29, 0.717) is 0 Å². The van der Waals surface area contributed by atoms with Gasteiger partial charge in [-0.3, -0.25) is 9.97 Å². The van der Waals surface area contributed by atoms with Crippen molar-refractivity contribution in [3.05, 3.63) is 223 Å². The summed E-state index contributed by atoms with van der Waals surface area (Å²) in [6.07, 6.45) is 3.71. The van der Waals surface area contributed by atoms with Gasteiger partial charge in [0.1, 0.15) is 0 Å². The van der Waals surface area contributed by atoms with Crippen LogP contribution in [0, 0.1) is 18.2 Å². The summed E-state index contributed by atoms with van der Waals surface area (Å²) in [5.74, 6) is 0. The Morgan fingerprint density at radius 3 is 1.83 bits per heavy atom. The van der Waals surface area contributed by atoms with Gasteiger partial charge >= 0.3 is 20.1 Å². The third-order valence-corrected chi connectivity index (χ3v) is 9.63. The Bertz CT molecular complexity index is 2590. The molecule has 0 fully saturated rings. The Labute approximate surface area is 317 Å². The fourth-order valence-electron chi connectivity index (χ4n) is 7.41. The number of hydrogen-bond acceptors (Lipinski definition) is 3. The van der Waals surface area contributed by atoms with Crippen LogP contribution in [-0.2, 0) is 25.5 Å². The van der Waals surface area contributed by atoms with Crippen LogP contribution in [0.15, 0.2) is 182 Å². The molecule has 0 unspecified atom stereocenters. The molecule has 4 heteroatoms. The van der Waals surface area contributed by atoms with Crippen molar-refractivity contribution in [3.63, 3.8) is 0 Å². The molecule has 1 aliphatic carbocycles. The van der Waals surface area contributed by atoms with Crippen LogP contribution in [0.1, 0.15) is 22.5 Å². The standard InChI is InChI=1S/C33H20N2.C15H10N.Ir/c1-2-12-23(13-3-1)32-25-15-5-4-14-24(25)22-31(35-32)33(30-20-10-11-21-34-30)28-18-8-6-16-26(28)27-17-7-9-19-29(27)33;1-2-7-13(8-3-1)15-14-9-5-4-6-12(14)10-11-16-15;/h1-12,14-18,20-22H;1-7,9-11H;/q-2;-1;+3/t33-;;/m0../s1. The first-order valence-electron chi connectivity index (χ1n) is 17.0. The van der Waals surface area contributed by atoms with E-state index < -0.39 is 5.41 Å². The molecule has 0 amide bonds. The van der Waals surface area contributed by atoms with E-state index in [1.807, 2.05) is 85.2 Å². The van der Waals surface area contributed by atoms with E-state index in [1.165, 1.54) is 27.5 Å². The van der Waals surface area contributed by atoms with Gasteiger partial charge in [-0.25, -0.2) is 0 Å². The van der Waals surface area contributed by atoms with Crippen molar-refractivity contribution in [3.8, 4) is 33.6 Å².